The first-order chi connectivity index (χ1) is 9.67. The van der Waals surface area contributed by atoms with Crippen LogP contribution >= 0.6 is 0 Å². The summed E-state index contributed by atoms with van der Waals surface area (Å²) >= 11 is 0. The molecule has 1 aliphatic heterocycles. The van der Waals surface area contributed by atoms with Crippen molar-refractivity contribution < 1.29 is 9.53 Å². The van der Waals surface area contributed by atoms with Gasteiger partial charge in [0.25, 0.3) is 0 Å². The van der Waals surface area contributed by atoms with Crippen LogP contribution in [0.25, 0.3) is 0 Å². The van der Waals surface area contributed by atoms with Gasteiger partial charge in [-0.1, -0.05) is 6.92 Å². The van der Waals surface area contributed by atoms with Crippen molar-refractivity contribution in [2.75, 3.05) is 39.9 Å². The van der Waals surface area contributed by atoms with Crippen molar-refractivity contribution in [2.24, 2.45) is 7.05 Å². The lowest BCUT2D eigenvalue weighted by atomic mass is 10.1. The minimum atomic E-state index is 0.168. The number of hydrogen-bond acceptors (Lipinski definition) is 4. The molecule has 0 bridgehead atoms. The number of rotatable bonds is 5. The molecule has 6 heteroatoms. The number of amides is 1. The highest BCUT2D eigenvalue weighted by molar-refractivity contribution is 5.76. The van der Waals surface area contributed by atoms with E-state index >= 15 is 0 Å². The van der Waals surface area contributed by atoms with E-state index in [9.17, 15) is 4.79 Å². The maximum absolute atomic E-state index is 12.2. The summed E-state index contributed by atoms with van der Waals surface area (Å²) in [6, 6.07) is 0.181. The number of carbonyl (C=O) groups excluding carboxylic acids is 1. The highest BCUT2D eigenvalue weighted by Gasteiger charge is 2.31. The molecule has 1 aromatic rings. The third-order valence-electron chi connectivity index (χ3n) is 3.93. The van der Waals surface area contributed by atoms with Crippen molar-refractivity contribution in [3.8, 4) is 0 Å². The van der Waals surface area contributed by atoms with Crippen LogP contribution in [0.3, 0.4) is 0 Å². The lowest BCUT2D eigenvalue weighted by Crippen LogP contribution is -2.51. The van der Waals surface area contributed by atoms with Gasteiger partial charge in [-0.2, -0.15) is 0 Å². The molecule has 0 aromatic carbocycles. The van der Waals surface area contributed by atoms with Crippen molar-refractivity contribution in [1.82, 2.24) is 19.4 Å². The summed E-state index contributed by atoms with van der Waals surface area (Å²) in [6.07, 6.45) is 4.22. The summed E-state index contributed by atoms with van der Waals surface area (Å²) in [5.41, 5.74) is 0. The molecule has 0 N–H and O–H groups in total. The van der Waals surface area contributed by atoms with E-state index in [1.165, 1.54) is 0 Å². The van der Waals surface area contributed by atoms with Gasteiger partial charge in [-0.25, -0.2) is 4.98 Å². The SMILES string of the molecule is CCN1CCN(C(=O)CCOC)C[C@@H]1c1nccn1C. The number of likely N-dealkylation sites (N-methyl/N-ethyl adjacent to an activating group) is 1. The van der Waals surface area contributed by atoms with Gasteiger partial charge in [-0.3, -0.25) is 9.69 Å². The second-order valence-electron chi connectivity index (χ2n) is 5.12. The standard InChI is InChI=1S/C14H24N4O2/c1-4-17-8-9-18(13(19)5-10-20-3)11-12(17)14-15-6-7-16(14)2/h6-7,12H,4-5,8-11H2,1-3H3/t12-/m1/s1. The minimum Gasteiger partial charge on any atom is -0.384 e. The lowest BCUT2D eigenvalue weighted by molar-refractivity contribution is -0.135. The van der Waals surface area contributed by atoms with Crippen molar-refractivity contribution in [1.29, 1.82) is 0 Å². The van der Waals surface area contributed by atoms with Crippen LogP contribution in [0.2, 0.25) is 0 Å². The predicted octanol–water partition coefficient (Wildman–Crippen LogP) is 0.662. The third kappa shape index (κ3) is 3.19. The lowest BCUT2D eigenvalue weighted by Gasteiger charge is -2.40. The van der Waals surface area contributed by atoms with Crippen LogP contribution in [0.5, 0.6) is 0 Å². The maximum Gasteiger partial charge on any atom is 0.224 e. The number of aryl methyl sites for hydroxylation is 1. The van der Waals surface area contributed by atoms with E-state index < -0.39 is 0 Å². The Morgan fingerprint density at radius 1 is 1.50 bits per heavy atom. The molecule has 1 saturated heterocycles. The zero-order chi connectivity index (χ0) is 14.5. The average molecular weight is 280 g/mol. The smallest absolute Gasteiger partial charge is 0.224 e. The molecule has 20 heavy (non-hydrogen) atoms. The summed E-state index contributed by atoms with van der Waals surface area (Å²) in [4.78, 5) is 20.9. The molecule has 1 amide bonds. The molecule has 6 nitrogen and oxygen atoms in total. The molecule has 1 atom stereocenters. The van der Waals surface area contributed by atoms with E-state index in [0.717, 1.165) is 25.5 Å². The number of methoxy groups -OCH3 is 1. The topological polar surface area (TPSA) is 50.6 Å². The Kier molecular flexibility index (Phi) is 5.14. The van der Waals surface area contributed by atoms with Crippen molar-refractivity contribution in [3.63, 3.8) is 0 Å². The average Bonchev–Trinajstić information content (AvgIpc) is 2.90. The Morgan fingerprint density at radius 3 is 2.90 bits per heavy atom. The number of nitrogens with zero attached hydrogens (tertiary/aromatic N) is 4. The van der Waals surface area contributed by atoms with Crippen LogP contribution in [0.15, 0.2) is 12.4 Å². The number of imidazole rings is 1. The first-order valence-electron chi connectivity index (χ1n) is 7.15. The van der Waals surface area contributed by atoms with Crippen molar-refractivity contribution in [2.45, 2.75) is 19.4 Å². The largest absolute Gasteiger partial charge is 0.384 e. The summed E-state index contributed by atoms with van der Waals surface area (Å²) in [5.74, 6) is 1.19. The Morgan fingerprint density at radius 2 is 2.30 bits per heavy atom. The number of carbonyl (C=O) groups is 1. The Labute approximate surface area is 120 Å². The monoisotopic (exact) mass is 280 g/mol. The third-order valence-corrected chi connectivity index (χ3v) is 3.93. The first-order valence-corrected chi connectivity index (χ1v) is 7.15. The van der Waals surface area contributed by atoms with E-state index in [0.29, 0.717) is 19.6 Å². The van der Waals surface area contributed by atoms with Gasteiger partial charge >= 0.3 is 0 Å². The van der Waals surface area contributed by atoms with E-state index in [4.69, 9.17) is 4.74 Å². The van der Waals surface area contributed by atoms with E-state index in [1.54, 1.807) is 7.11 Å². The van der Waals surface area contributed by atoms with Crippen LogP contribution < -0.4 is 0 Å². The van der Waals surface area contributed by atoms with Crippen LogP contribution in [-0.2, 0) is 16.6 Å². The zero-order valence-electron chi connectivity index (χ0n) is 12.6. The van der Waals surface area contributed by atoms with Crippen LogP contribution in [-0.4, -0.2) is 65.2 Å². The van der Waals surface area contributed by atoms with Crippen LogP contribution in [0.1, 0.15) is 25.2 Å². The van der Waals surface area contributed by atoms with E-state index in [-0.39, 0.29) is 11.9 Å². The summed E-state index contributed by atoms with van der Waals surface area (Å²) in [5, 5.41) is 0. The Hall–Kier alpha value is -1.40. The highest BCUT2D eigenvalue weighted by atomic mass is 16.5. The van der Waals surface area contributed by atoms with Gasteiger partial charge in [0.2, 0.25) is 5.91 Å². The zero-order valence-corrected chi connectivity index (χ0v) is 12.6. The molecule has 0 spiro atoms. The summed E-state index contributed by atoms with van der Waals surface area (Å²) in [6.45, 7) is 6.00. The molecular weight excluding hydrogens is 256 g/mol. The predicted molar refractivity (Wildman–Crippen MR) is 76.3 cm³/mol. The highest BCUT2D eigenvalue weighted by Crippen LogP contribution is 2.23. The van der Waals surface area contributed by atoms with Gasteiger partial charge < -0.3 is 14.2 Å². The quantitative estimate of drug-likeness (QED) is 0.795. The number of ether oxygens (including phenoxy) is 1. The normalized spacial score (nSPS) is 20.4. The molecule has 1 fully saturated rings. The molecule has 0 radical (unpaired) electrons. The van der Waals surface area contributed by atoms with Gasteiger partial charge in [-0.05, 0) is 6.54 Å². The minimum absolute atomic E-state index is 0.168. The molecule has 112 valence electrons. The molecule has 0 aliphatic carbocycles. The molecule has 2 rings (SSSR count). The second kappa shape index (κ2) is 6.85. The fraction of sp³-hybridized carbons (Fsp3) is 0.714. The fourth-order valence-corrected chi connectivity index (χ4v) is 2.72. The van der Waals surface area contributed by atoms with Gasteiger partial charge in [0.1, 0.15) is 5.82 Å². The van der Waals surface area contributed by atoms with Crippen LogP contribution in [0, 0.1) is 0 Å². The van der Waals surface area contributed by atoms with Gasteiger partial charge in [0.15, 0.2) is 0 Å². The molecule has 0 unspecified atom stereocenters. The number of hydrogen-bond donors (Lipinski definition) is 0. The van der Waals surface area contributed by atoms with E-state index in [1.807, 2.05) is 28.9 Å². The van der Waals surface area contributed by atoms with Crippen molar-refractivity contribution >= 4 is 5.91 Å². The van der Waals surface area contributed by atoms with E-state index in [2.05, 4.69) is 16.8 Å². The second-order valence-corrected chi connectivity index (χ2v) is 5.12. The van der Waals surface area contributed by atoms with Gasteiger partial charge in [-0.15, -0.1) is 0 Å². The molecular formula is C14H24N4O2. The molecule has 2 heterocycles. The van der Waals surface area contributed by atoms with Crippen molar-refractivity contribution in [3.05, 3.63) is 18.2 Å². The van der Waals surface area contributed by atoms with Gasteiger partial charge in [0.05, 0.1) is 19.1 Å². The first kappa shape index (κ1) is 15.0. The maximum atomic E-state index is 12.2. The summed E-state index contributed by atoms with van der Waals surface area (Å²) in [7, 11) is 3.63. The fourth-order valence-electron chi connectivity index (χ4n) is 2.72. The summed E-state index contributed by atoms with van der Waals surface area (Å²) < 4.78 is 7.03. The Bertz CT molecular complexity index is 446. The van der Waals surface area contributed by atoms with Gasteiger partial charge in [0, 0.05) is 46.2 Å². The number of aromatic nitrogens is 2. The Balaban J connectivity index is 2.08. The number of piperazine rings is 1. The molecule has 1 aliphatic rings. The molecule has 0 saturated carbocycles. The molecule has 1 aromatic heterocycles. The van der Waals surface area contributed by atoms with Crippen LogP contribution in [0.4, 0.5) is 0 Å².